The average Bonchev–Trinajstić information content (AvgIpc) is 2.93. The number of benzene rings is 1. The van der Waals surface area contributed by atoms with Crippen molar-refractivity contribution in [1.82, 2.24) is 9.97 Å². The van der Waals surface area contributed by atoms with Gasteiger partial charge in [0.05, 0.1) is 35.1 Å². The Morgan fingerprint density at radius 1 is 1.02 bits per heavy atom. The second-order valence-electron chi connectivity index (χ2n) is 11.2. The topological polar surface area (TPSA) is 124 Å². The zero-order chi connectivity index (χ0) is 30.2. The van der Waals surface area contributed by atoms with Crippen LogP contribution in [0.2, 0.25) is 0 Å². The molecule has 3 N–H and O–H groups in total. The number of pyridine rings is 2. The summed E-state index contributed by atoms with van der Waals surface area (Å²) in [4.78, 5) is 21.4. The third kappa shape index (κ3) is 6.20. The van der Waals surface area contributed by atoms with Crippen molar-refractivity contribution >= 4 is 21.4 Å². The van der Waals surface area contributed by atoms with Gasteiger partial charge in [0.15, 0.2) is 0 Å². The molecular formula is C30H33F3N4O4S. The normalized spacial score (nSPS) is 24.3. The standard InChI is InChI=1S/C30H33F3N4O4S/c1-16-11-19(14-24(34)29(16)41-2)20-5-8-35-15-26(20)37-30(38)25-4-3-21(31)28(36-25)27-22(32)12-18(13-23(27)33)17-6-9-42(39,40)10-7-17/h3-5,8,12-13,15-17,19,24,29H,6-7,9-11,14,34H2,1-2H3,(H,37,38)/t16-,19+,24+,29-/m0/s1. The van der Waals surface area contributed by atoms with Crippen LogP contribution in [-0.2, 0) is 14.6 Å². The van der Waals surface area contributed by atoms with Gasteiger partial charge in [0, 0.05) is 19.3 Å². The number of halogens is 3. The fraction of sp³-hybridized carbons (Fsp3) is 0.433. The van der Waals surface area contributed by atoms with Gasteiger partial charge in [0.25, 0.3) is 5.91 Å². The van der Waals surface area contributed by atoms with Gasteiger partial charge in [-0.1, -0.05) is 6.92 Å². The highest BCUT2D eigenvalue weighted by Crippen LogP contribution is 2.40. The molecule has 3 aromatic rings. The van der Waals surface area contributed by atoms with Crippen LogP contribution in [0.25, 0.3) is 11.3 Å². The number of hydrogen-bond acceptors (Lipinski definition) is 7. The van der Waals surface area contributed by atoms with E-state index in [9.17, 15) is 17.6 Å². The molecule has 1 saturated carbocycles. The largest absolute Gasteiger partial charge is 0.380 e. The quantitative estimate of drug-likeness (QED) is 0.409. The monoisotopic (exact) mass is 602 g/mol. The minimum atomic E-state index is -3.15. The second kappa shape index (κ2) is 12.1. The molecule has 2 aliphatic rings. The van der Waals surface area contributed by atoms with E-state index in [2.05, 4.69) is 22.2 Å². The van der Waals surface area contributed by atoms with Gasteiger partial charge in [-0.15, -0.1) is 0 Å². The predicted octanol–water partition coefficient (Wildman–Crippen LogP) is 4.96. The number of amides is 1. The van der Waals surface area contributed by atoms with Gasteiger partial charge in [-0.2, -0.15) is 0 Å². The summed E-state index contributed by atoms with van der Waals surface area (Å²) in [7, 11) is -1.51. The molecule has 42 heavy (non-hydrogen) atoms. The Morgan fingerprint density at radius 2 is 1.71 bits per heavy atom. The summed E-state index contributed by atoms with van der Waals surface area (Å²) in [5.74, 6) is -4.04. The van der Waals surface area contributed by atoms with Crippen molar-refractivity contribution in [3.8, 4) is 11.3 Å². The first-order valence-corrected chi connectivity index (χ1v) is 15.7. The first-order chi connectivity index (χ1) is 20.0. The Morgan fingerprint density at radius 3 is 2.36 bits per heavy atom. The molecule has 1 aliphatic carbocycles. The fourth-order valence-electron chi connectivity index (χ4n) is 6.30. The van der Waals surface area contributed by atoms with Crippen LogP contribution >= 0.6 is 0 Å². The van der Waals surface area contributed by atoms with Gasteiger partial charge in [-0.05, 0) is 84.9 Å². The van der Waals surface area contributed by atoms with E-state index >= 15 is 8.78 Å². The zero-order valence-corrected chi connectivity index (χ0v) is 24.1. The lowest BCUT2D eigenvalue weighted by Crippen LogP contribution is -2.45. The number of hydrogen-bond donors (Lipinski definition) is 2. The van der Waals surface area contributed by atoms with E-state index < -0.39 is 44.5 Å². The molecule has 3 heterocycles. The highest BCUT2D eigenvalue weighted by atomic mass is 32.2. The lowest BCUT2D eigenvalue weighted by Gasteiger charge is -2.38. The maximum atomic E-state index is 15.2. The van der Waals surface area contributed by atoms with Gasteiger partial charge in [-0.3, -0.25) is 9.78 Å². The SMILES string of the molecule is CO[C@@H]1[C@H](N)C[C@H](c2ccncc2NC(=O)c2ccc(F)c(-c3c(F)cc(C4CCS(=O)(=O)CC4)cc3F)n2)C[C@@H]1C. The van der Waals surface area contributed by atoms with E-state index in [-0.39, 0.29) is 59.9 Å². The number of rotatable bonds is 6. The van der Waals surface area contributed by atoms with Crippen molar-refractivity contribution in [2.24, 2.45) is 11.7 Å². The molecular weight excluding hydrogens is 569 g/mol. The lowest BCUT2D eigenvalue weighted by molar-refractivity contribution is 0.00983. The fourth-order valence-corrected chi connectivity index (χ4v) is 7.79. The average molecular weight is 603 g/mol. The molecule has 0 unspecified atom stereocenters. The van der Waals surface area contributed by atoms with E-state index in [1.807, 2.05) is 6.07 Å². The van der Waals surface area contributed by atoms with Gasteiger partial charge in [0.1, 0.15) is 38.7 Å². The Labute approximate surface area is 242 Å². The number of nitrogens with two attached hydrogens (primary N) is 1. The van der Waals surface area contributed by atoms with Crippen LogP contribution in [0, 0.1) is 23.4 Å². The van der Waals surface area contributed by atoms with Crippen LogP contribution < -0.4 is 11.1 Å². The third-order valence-electron chi connectivity index (χ3n) is 8.42. The van der Waals surface area contributed by atoms with Gasteiger partial charge in [0.2, 0.25) is 0 Å². The molecule has 12 heteroatoms. The summed E-state index contributed by atoms with van der Waals surface area (Å²) >= 11 is 0. The van der Waals surface area contributed by atoms with Crippen LogP contribution in [0.15, 0.2) is 42.7 Å². The number of carbonyl (C=O) groups is 1. The maximum Gasteiger partial charge on any atom is 0.274 e. The van der Waals surface area contributed by atoms with Crippen LogP contribution in [0.1, 0.15) is 66.1 Å². The molecule has 0 radical (unpaired) electrons. The molecule has 1 saturated heterocycles. The number of carbonyl (C=O) groups excluding carboxylic acids is 1. The van der Waals surface area contributed by atoms with Crippen LogP contribution in [0.5, 0.6) is 0 Å². The van der Waals surface area contributed by atoms with Crippen molar-refractivity contribution < 1.29 is 31.1 Å². The number of anilines is 1. The molecule has 1 aliphatic heterocycles. The first-order valence-electron chi connectivity index (χ1n) is 13.9. The van der Waals surface area contributed by atoms with Gasteiger partial charge in [-0.25, -0.2) is 26.6 Å². The van der Waals surface area contributed by atoms with Crippen LogP contribution in [0.3, 0.4) is 0 Å². The molecule has 5 rings (SSSR count). The maximum absolute atomic E-state index is 15.2. The summed E-state index contributed by atoms with van der Waals surface area (Å²) in [6, 6.07) is 5.86. The van der Waals surface area contributed by atoms with Crippen molar-refractivity contribution in [3.05, 3.63) is 77.0 Å². The Balaban J connectivity index is 1.39. The number of nitrogens with zero attached hydrogens (tertiary/aromatic N) is 2. The summed E-state index contributed by atoms with van der Waals surface area (Å²) in [6.45, 7) is 2.06. The van der Waals surface area contributed by atoms with Crippen LogP contribution in [0.4, 0.5) is 18.9 Å². The number of sulfone groups is 1. The van der Waals surface area contributed by atoms with E-state index in [1.165, 1.54) is 6.20 Å². The van der Waals surface area contributed by atoms with Gasteiger partial charge >= 0.3 is 0 Å². The van der Waals surface area contributed by atoms with Crippen molar-refractivity contribution in [1.29, 1.82) is 0 Å². The third-order valence-corrected chi connectivity index (χ3v) is 10.1. The minimum absolute atomic E-state index is 0.0300. The minimum Gasteiger partial charge on any atom is -0.380 e. The zero-order valence-electron chi connectivity index (χ0n) is 23.3. The smallest absolute Gasteiger partial charge is 0.274 e. The second-order valence-corrected chi connectivity index (χ2v) is 13.5. The molecule has 1 amide bonds. The molecule has 4 atom stereocenters. The summed E-state index contributed by atoms with van der Waals surface area (Å²) < 4.78 is 74.4. The van der Waals surface area contributed by atoms with E-state index in [4.69, 9.17) is 10.5 Å². The molecule has 1 aromatic carbocycles. The van der Waals surface area contributed by atoms with E-state index in [0.717, 1.165) is 36.2 Å². The molecule has 0 bridgehead atoms. The van der Waals surface area contributed by atoms with Crippen LogP contribution in [-0.4, -0.2) is 55.1 Å². The lowest BCUT2D eigenvalue weighted by atomic mass is 9.74. The number of nitrogens with one attached hydrogen (secondary N) is 1. The van der Waals surface area contributed by atoms with Crippen molar-refractivity contribution in [3.63, 3.8) is 0 Å². The van der Waals surface area contributed by atoms with E-state index in [0.29, 0.717) is 17.7 Å². The van der Waals surface area contributed by atoms with E-state index in [1.54, 1.807) is 13.3 Å². The Kier molecular flexibility index (Phi) is 8.68. The van der Waals surface area contributed by atoms with Crippen molar-refractivity contribution in [2.75, 3.05) is 23.9 Å². The molecule has 2 fully saturated rings. The van der Waals surface area contributed by atoms with Crippen molar-refractivity contribution in [2.45, 2.75) is 56.6 Å². The Bertz CT molecular complexity index is 1550. The molecule has 2 aromatic heterocycles. The summed E-state index contributed by atoms with van der Waals surface area (Å²) in [5, 5.41) is 2.77. The molecule has 0 spiro atoms. The molecule has 224 valence electrons. The Hall–Kier alpha value is -3.35. The molecule has 8 nitrogen and oxygen atoms in total. The highest BCUT2D eigenvalue weighted by Gasteiger charge is 2.35. The summed E-state index contributed by atoms with van der Waals surface area (Å²) in [6.07, 6.45) is 4.97. The predicted molar refractivity (Wildman–Crippen MR) is 152 cm³/mol. The van der Waals surface area contributed by atoms with Gasteiger partial charge < -0.3 is 15.8 Å². The number of ether oxygens (including phenoxy) is 1. The highest BCUT2D eigenvalue weighted by molar-refractivity contribution is 7.91. The summed E-state index contributed by atoms with van der Waals surface area (Å²) in [5.41, 5.74) is 6.36. The first kappa shape index (κ1) is 30.1. The number of methoxy groups -OCH3 is 1. The number of aromatic nitrogens is 2.